The Morgan fingerprint density at radius 1 is 0.380 bits per heavy atom. The quantitative estimate of drug-likeness (QED) is 0.0320. The van der Waals surface area contributed by atoms with Crippen LogP contribution in [0.2, 0.25) is 0 Å². The van der Waals surface area contributed by atoms with Gasteiger partial charge in [0, 0.05) is 12.8 Å². The van der Waals surface area contributed by atoms with Crippen LogP contribution in [0.25, 0.3) is 0 Å². The van der Waals surface area contributed by atoms with Crippen LogP contribution in [0, 0.1) is 0 Å². The molecule has 0 fully saturated rings. The van der Waals surface area contributed by atoms with Gasteiger partial charge in [0.15, 0.2) is 0 Å². The topological polar surface area (TPSA) is 95.9 Å². The fourth-order valence-corrected chi connectivity index (χ4v) is 10.3. The zero-order chi connectivity index (χ0) is 51.4. The maximum Gasteiger partial charge on any atom is 0.305 e. The van der Waals surface area contributed by atoms with Crippen LogP contribution in [0.5, 0.6) is 0 Å². The summed E-state index contributed by atoms with van der Waals surface area (Å²) >= 11 is 0. The molecule has 0 heterocycles. The van der Waals surface area contributed by atoms with Gasteiger partial charge in [-0.05, 0) is 51.4 Å². The van der Waals surface area contributed by atoms with Crippen LogP contribution in [0.1, 0.15) is 367 Å². The molecule has 0 aromatic carbocycles. The summed E-state index contributed by atoms with van der Waals surface area (Å²) in [7, 11) is 0. The first-order valence-electron chi connectivity index (χ1n) is 32.4. The summed E-state index contributed by atoms with van der Waals surface area (Å²) in [5.41, 5.74) is 0. The predicted octanol–water partition coefficient (Wildman–Crippen LogP) is 20.4. The van der Waals surface area contributed by atoms with Gasteiger partial charge in [-0.1, -0.05) is 315 Å². The van der Waals surface area contributed by atoms with Crippen LogP contribution >= 0.6 is 0 Å². The van der Waals surface area contributed by atoms with Gasteiger partial charge in [-0.2, -0.15) is 0 Å². The van der Waals surface area contributed by atoms with E-state index in [0.717, 1.165) is 38.5 Å². The fraction of sp³-hybridized carbons (Fsp3) is 0.938. The molecule has 0 aromatic heterocycles. The largest absolute Gasteiger partial charge is 0.466 e. The number of nitrogens with one attached hydrogen (secondary N) is 1. The van der Waals surface area contributed by atoms with Crippen LogP contribution in [0.15, 0.2) is 12.2 Å². The van der Waals surface area contributed by atoms with Crippen molar-refractivity contribution in [1.82, 2.24) is 5.32 Å². The highest BCUT2D eigenvalue weighted by Crippen LogP contribution is 2.18. The van der Waals surface area contributed by atoms with E-state index in [2.05, 4.69) is 31.3 Å². The van der Waals surface area contributed by atoms with Gasteiger partial charge < -0.3 is 20.3 Å². The second-order valence-electron chi connectivity index (χ2n) is 22.5. The van der Waals surface area contributed by atoms with Crippen molar-refractivity contribution in [3.63, 3.8) is 0 Å². The summed E-state index contributed by atoms with van der Waals surface area (Å²) in [5, 5.41) is 23.4. The Balaban J connectivity index is 3.41. The van der Waals surface area contributed by atoms with Gasteiger partial charge in [0.1, 0.15) is 0 Å². The summed E-state index contributed by atoms with van der Waals surface area (Å²) in [5.74, 6) is -0.0257. The van der Waals surface area contributed by atoms with Gasteiger partial charge in [-0.3, -0.25) is 9.59 Å². The molecular formula is C65H127NO5. The van der Waals surface area contributed by atoms with E-state index >= 15 is 0 Å². The lowest BCUT2D eigenvalue weighted by Crippen LogP contribution is -2.45. The summed E-state index contributed by atoms with van der Waals surface area (Å²) < 4.78 is 5.48. The van der Waals surface area contributed by atoms with Crippen molar-refractivity contribution >= 4 is 11.9 Å². The Morgan fingerprint density at radius 2 is 0.662 bits per heavy atom. The molecular weight excluding hydrogens is 875 g/mol. The van der Waals surface area contributed by atoms with Gasteiger partial charge in [-0.25, -0.2) is 0 Å². The Morgan fingerprint density at radius 3 is 1.00 bits per heavy atom. The first-order chi connectivity index (χ1) is 35.0. The third kappa shape index (κ3) is 57.7. The number of rotatable bonds is 61. The molecule has 0 bridgehead atoms. The van der Waals surface area contributed by atoms with Crippen molar-refractivity contribution in [2.75, 3.05) is 13.2 Å². The number of esters is 1. The average molecular weight is 1000 g/mol. The Kier molecular flexibility index (Phi) is 59.9. The first kappa shape index (κ1) is 69.6. The molecule has 0 saturated heterocycles. The van der Waals surface area contributed by atoms with Gasteiger partial charge >= 0.3 is 5.97 Å². The van der Waals surface area contributed by atoms with E-state index in [0.29, 0.717) is 25.9 Å². The molecule has 2 unspecified atom stereocenters. The summed E-state index contributed by atoms with van der Waals surface area (Å²) in [6, 6.07) is -0.546. The molecule has 3 N–H and O–H groups in total. The number of allylic oxidation sites excluding steroid dienone is 2. The van der Waals surface area contributed by atoms with Crippen molar-refractivity contribution in [3.8, 4) is 0 Å². The van der Waals surface area contributed by atoms with Crippen molar-refractivity contribution in [2.24, 2.45) is 0 Å². The van der Waals surface area contributed by atoms with E-state index in [1.54, 1.807) is 0 Å². The van der Waals surface area contributed by atoms with E-state index in [1.165, 1.54) is 295 Å². The van der Waals surface area contributed by atoms with Gasteiger partial charge in [0.25, 0.3) is 0 Å². The number of hydrogen-bond acceptors (Lipinski definition) is 5. The van der Waals surface area contributed by atoms with Crippen LogP contribution in [-0.2, 0) is 14.3 Å². The number of unbranched alkanes of at least 4 members (excludes halogenated alkanes) is 48. The lowest BCUT2D eigenvalue weighted by atomic mass is 10.0. The predicted molar refractivity (Wildman–Crippen MR) is 310 cm³/mol. The van der Waals surface area contributed by atoms with Crippen molar-refractivity contribution in [1.29, 1.82) is 0 Å². The lowest BCUT2D eigenvalue weighted by Gasteiger charge is -2.22. The van der Waals surface area contributed by atoms with Gasteiger partial charge in [0.2, 0.25) is 5.91 Å². The molecule has 1 amide bonds. The van der Waals surface area contributed by atoms with E-state index in [9.17, 15) is 19.8 Å². The number of ether oxygens (including phenoxy) is 1. The number of aliphatic hydroxyl groups is 2. The van der Waals surface area contributed by atoms with Crippen molar-refractivity contribution < 1.29 is 24.5 Å². The van der Waals surface area contributed by atoms with Crippen LogP contribution in [0.4, 0.5) is 0 Å². The lowest BCUT2D eigenvalue weighted by molar-refractivity contribution is -0.143. The van der Waals surface area contributed by atoms with Crippen molar-refractivity contribution in [3.05, 3.63) is 12.2 Å². The van der Waals surface area contributed by atoms with Gasteiger partial charge in [-0.15, -0.1) is 0 Å². The molecule has 0 aliphatic heterocycles. The third-order valence-electron chi connectivity index (χ3n) is 15.3. The highest BCUT2D eigenvalue weighted by molar-refractivity contribution is 5.76. The molecule has 0 saturated carbocycles. The molecule has 0 radical (unpaired) electrons. The van der Waals surface area contributed by atoms with E-state index in [1.807, 2.05) is 0 Å². The molecule has 0 rings (SSSR count). The number of carbonyl (C=O) groups excluding carboxylic acids is 2. The van der Waals surface area contributed by atoms with E-state index in [-0.39, 0.29) is 18.5 Å². The highest BCUT2D eigenvalue weighted by Gasteiger charge is 2.20. The zero-order valence-electron chi connectivity index (χ0n) is 48.2. The van der Waals surface area contributed by atoms with Crippen LogP contribution < -0.4 is 5.32 Å². The molecule has 6 heteroatoms. The molecule has 0 aliphatic carbocycles. The molecule has 422 valence electrons. The molecule has 0 aromatic rings. The maximum atomic E-state index is 12.5. The molecule has 0 spiro atoms. The van der Waals surface area contributed by atoms with Gasteiger partial charge in [0.05, 0.1) is 25.4 Å². The third-order valence-corrected chi connectivity index (χ3v) is 15.3. The smallest absolute Gasteiger partial charge is 0.305 e. The summed E-state index contributed by atoms with van der Waals surface area (Å²) in [6.45, 7) is 4.98. The minimum absolute atomic E-state index is 0.0124. The SMILES string of the molecule is CCCCCCCCCCCCCCCCCCCCCC(O)C(CO)NC(=O)CCCCCCCCC/C=C\CCCCCCCCCCCCCOC(=O)CCCCCCCCCCCCCCC. The number of amides is 1. The van der Waals surface area contributed by atoms with Crippen LogP contribution in [-0.4, -0.2) is 47.4 Å². The summed E-state index contributed by atoms with van der Waals surface area (Å²) in [6.07, 6.45) is 73.7. The normalized spacial score (nSPS) is 12.6. The highest BCUT2D eigenvalue weighted by atomic mass is 16.5. The zero-order valence-corrected chi connectivity index (χ0v) is 48.2. The number of aliphatic hydroxyl groups excluding tert-OH is 2. The minimum Gasteiger partial charge on any atom is -0.466 e. The van der Waals surface area contributed by atoms with E-state index in [4.69, 9.17) is 4.74 Å². The standard InChI is InChI=1S/C65H127NO5/c1-3-5-7-9-11-13-15-17-18-19-24-27-30-34-37-41-45-49-53-57-63(68)62(61-67)66-64(69)58-54-50-46-42-38-35-31-28-25-22-20-21-23-26-29-32-36-40-44-48-52-56-60-71-65(70)59-55-51-47-43-39-33-16-14-12-10-8-6-4-2/h22,25,62-63,67-68H,3-21,23-24,26-61H2,1-2H3,(H,66,69)/b25-22-. The Labute approximate surface area is 444 Å². The maximum absolute atomic E-state index is 12.5. The molecule has 6 nitrogen and oxygen atoms in total. The van der Waals surface area contributed by atoms with E-state index < -0.39 is 12.1 Å². The summed E-state index contributed by atoms with van der Waals surface area (Å²) in [4.78, 5) is 24.6. The Bertz CT molecular complexity index is 1060. The molecule has 0 aliphatic rings. The average Bonchev–Trinajstić information content (AvgIpc) is 3.37. The van der Waals surface area contributed by atoms with Crippen LogP contribution in [0.3, 0.4) is 0 Å². The molecule has 71 heavy (non-hydrogen) atoms. The monoisotopic (exact) mass is 1000 g/mol. The fourth-order valence-electron chi connectivity index (χ4n) is 10.3. The number of carbonyl (C=O) groups is 2. The minimum atomic E-state index is -0.668. The Hall–Kier alpha value is -1.40. The van der Waals surface area contributed by atoms with Crippen molar-refractivity contribution in [2.45, 2.75) is 379 Å². The second-order valence-corrected chi connectivity index (χ2v) is 22.5. The number of hydrogen-bond donors (Lipinski definition) is 3. The second kappa shape index (κ2) is 61.1. The molecule has 2 atom stereocenters. The first-order valence-corrected chi connectivity index (χ1v) is 32.4.